The van der Waals surface area contributed by atoms with Crippen LogP contribution in [0.25, 0.3) is 0 Å². The number of nitrogens with zero attached hydrogens (tertiary/aromatic N) is 1. The Kier molecular flexibility index (Phi) is 10.2. The molecule has 2 aromatic carbocycles. The number of aliphatic hydroxyl groups is 1. The van der Waals surface area contributed by atoms with E-state index in [1.807, 2.05) is 80.4 Å². The molecule has 1 heterocycles. The molecule has 2 amide bonds. The maximum atomic E-state index is 13.2. The second-order valence-corrected chi connectivity index (χ2v) is 10.4. The summed E-state index contributed by atoms with van der Waals surface area (Å²) in [4.78, 5) is 15.0. The van der Waals surface area contributed by atoms with Crippen molar-refractivity contribution < 1.29 is 19.4 Å². The van der Waals surface area contributed by atoms with Crippen molar-refractivity contribution in [3.05, 3.63) is 60.2 Å². The molecule has 2 atom stereocenters. The van der Waals surface area contributed by atoms with Crippen LogP contribution in [0.4, 0.5) is 4.79 Å². The first kappa shape index (κ1) is 28.0. The van der Waals surface area contributed by atoms with E-state index in [4.69, 9.17) is 9.47 Å². The molecular weight excluding hydrogens is 454 g/mol. The lowest BCUT2D eigenvalue weighted by atomic mass is 9.73. The first-order valence-corrected chi connectivity index (χ1v) is 13.0. The minimum absolute atomic E-state index is 0.0875. The number of methoxy groups -OCH3 is 1. The van der Waals surface area contributed by atoms with Crippen LogP contribution in [0.5, 0.6) is 11.5 Å². The number of hydrogen-bond acceptors (Lipinski definition) is 5. The Labute approximate surface area is 216 Å². The van der Waals surface area contributed by atoms with E-state index in [0.29, 0.717) is 38.4 Å². The molecule has 0 aliphatic carbocycles. The molecule has 7 nitrogen and oxygen atoms in total. The van der Waals surface area contributed by atoms with Gasteiger partial charge in [-0.25, -0.2) is 4.79 Å². The number of hydrogen-bond donors (Lipinski definition) is 3. The lowest BCUT2D eigenvalue weighted by Gasteiger charge is -2.44. The highest BCUT2D eigenvalue weighted by molar-refractivity contribution is 5.75. The zero-order chi connectivity index (χ0) is 26.0. The Balaban J connectivity index is 1.87. The summed E-state index contributed by atoms with van der Waals surface area (Å²) in [5, 5.41) is 18.7. The smallest absolute Gasteiger partial charge is 0.317 e. The van der Waals surface area contributed by atoms with Crippen LogP contribution in [0.1, 0.15) is 51.5 Å². The fourth-order valence-electron chi connectivity index (χ4n) is 5.13. The highest BCUT2D eigenvalue weighted by atomic mass is 16.5. The Morgan fingerprint density at radius 2 is 1.83 bits per heavy atom. The van der Waals surface area contributed by atoms with Gasteiger partial charge in [-0.15, -0.1) is 0 Å². The van der Waals surface area contributed by atoms with Gasteiger partial charge in [0.1, 0.15) is 11.5 Å². The van der Waals surface area contributed by atoms with E-state index in [1.54, 1.807) is 7.11 Å². The van der Waals surface area contributed by atoms with E-state index >= 15 is 0 Å². The van der Waals surface area contributed by atoms with Gasteiger partial charge in [0.05, 0.1) is 5.60 Å². The van der Waals surface area contributed by atoms with Crippen LogP contribution in [-0.4, -0.2) is 62.0 Å². The Morgan fingerprint density at radius 1 is 1.11 bits per heavy atom. The number of rotatable bonds is 12. The summed E-state index contributed by atoms with van der Waals surface area (Å²) in [6.07, 6.45) is 3.91. The first-order valence-electron chi connectivity index (χ1n) is 13.0. The van der Waals surface area contributed by atoms with Crippen LogP contribution in [0.15, 0.2) is 54.6 Å². The van der Waals surface area contributed by atoms with Gasteiger partial charge < -0.3 is 30.1 Å². The number of ether oxygens (including phenoxy) is 2. The molecular formula is C29H43N3O4. The first-order chi connectivity index (χ1) is 17.3. The van der Waals surface area contributed by atoms with Crippen LogP contribution >= 0.6 is 0 Å². The average molecular weight is 498 g/mol. The van der Waals surface area contributed by atoms with Crippen molar-refractivity contribution in [3.8, 4) is 11.5 Å². The number of piperidine rings is 1. The molecule has 7 heteroatoms. The number of amides is 2. The summed E-state index contributed by atoms with van der Waals surface area (Å²) in [7, 11) is 3.58. The topological polar surface area (TPSA) is 83.1 Å². The second kappa shape index (κ2) is 13.1. The molecule has 0 aromatic heterocycles. The summed E-state index contributed by atoms with van der Waals surface area (Å²) in [5.74, 6) is 1.25. The molecule has 2 aromatic rings. The van der Waals surface area contributed by atoms with Crippen LogP contribution < -0.4 is 15.4 Å². The standard InChI is InChI=1S/C29H43N3O4/c1-28(2,22-30-3)31-27(33)32-19-12-13-23(21-32)29(34,18-10-11-20-35-4)25-16-8-9-17-26(25)36-24-14-6-5-7-15-24/h5-9,14-17,23,30,34H,10-13,18-22H2,1-4H3,(H,31,33)/t23-,29+/m1/s1. The number of likely N-dealkylation sites (N-methyl/N-ethyl adjacent to an activating group) is 1. The third kappa shape index (κ3) is 7.45. The SMILES string of the molecule is CNCC(C)(C)NC(=O)N1CCC[C@@H]([C@@](O)(CCCCOC)c2ccccc2Oc2ccccc2)C1. The molecule has 0 radical (unpaired) electrons. The zero-order valence-electron chi connectivity index (χ0n) is 22.3. The molecule has 1 saturated heterocycles. The quantitative estimate of drug-likeness (QED) is 0.363. The predicted molar refractivity (Wildman–Crippen MR) is 143 cm³/mol. The van der Waals surface area contributed by atoms with Crippen molar-refractivity contribution in [1.82, 2.24) is 15.5 Å². The Bertz CT molecular complexity index is 953. The average Bonchev–Trinajstić information content (AvgIpc) is 2.87. The minimum Gasteiger partial charge on any atom is -0.457 e. The Hall–Kier alpha value is -2.61. The number of likely N-dealkylation sites (tertiary alicyclic amines) is 1. The number of unbranched alkanes of at least 4 members (excludes halogenated alkanes) is 1. The molecule has 0 spiro atoms. The number of carbonyl (C=O) groups is 1. The van der Waals surface area contributed by atoms with Gasteiger partial charge in [-0.3, -0.25) is 0 Å². The predicted octanol–water partition coefficient (Wildman–Crippen LogP) is 4.90. The Morgan fingerprint density at radius 3 is 2.56 bits per heavy atom. The molecule has 198 valence electrons. The van der Waals surface area contributed by atoms with Crippen LogP contribution in [0, 0.1) is 5.92 Å². The normalized spacial score (nSPS) is 17.9. The molecule has 0 unspecified atom stereocenters. The van der Waals surface area contributed by atoms with Gasteiger partial charge in [0.15, 0.2) is 0 Å². The van der Waals surface area contributed by atoms with E-state index in [9.17, 15) is 9.90 Å². The molecule has 3 N–H and O–H groups in total. The van der Waals surface area contributed by atoms with Gasteiger partial charge >= 0.3 is 6.03 Å². The maximum absolute atomic E-state index is 13.2. The van der Waals surface area contributed by atoms with E-state index in [1.165, 1.54) is 0 Å². The molecule has 0 bridgehead atoms. The number of carbonyl (C=O) groups excluding carboxylic acids is 1. The van der Waals surface area contributed by atoms with E-state index in [2.05, 4.69) is 10.6 Å². The molecule has 36 heavy (non-hydrogen) atoms. The van der Waals surface area contributed by atoms with E-state index in [-0.39, 0.29) is 17.5 Å². The highest BCUT2D eigenvalue weighted by Gasteiger charge is 2.43. The fraction of sp³-hybridized carbons (Fsp3) is 0.552. The monoisotopic (exact) mass is 497 g/mol. The maximum Gasteiger partial charge on any atom is 0.317 e. The lowest BCUT2D eigenvalue weighted by Crippen LogP contribution is -2.57. The molecule has 1 fully saturated rings. The van der Waals surface area contributed by atoms with Gasteiger partial charge in [-0.2, -0.15) is 0 Å². The number of nitrogens with one attached hydrogen (secondary N) is 2. The molecule has 0 saturated carbocycles. The number of para-hydroxylation sites is 2. The number of benzene rings is 2. The molecule has 3 rings (SSSR count). The van der Waals surface area contributed by atoms with Gasteiger partial charge in [0.2, 0.25) is 0 Å². The van der Waals surface area contributed by atoms with E-state index < -0.39 is 5.60 Å². The third-order valence-electron chi connectivity index (χ3n) is 6.93. The van der Waals surface area contributed by atoms with Crippen molar-refractivity contribution in [1.29, 1.82) is 0 Å². The van der Waals surface area contributed by atoms with Gasteiger partial charge in [0, 0.05) is 50.4 Å². The fourth-order valence-corrected chi connectivity index (χ4v) is 5.13. The zero-order valence-corrected chi connectivity index (χ0v) is 22.3. The summed E-state index contributed by atoms with van der Waals surface area (Å²) < 4.78 is 11.5. The lowest BCUT2D eigenvalue weighted by molar-refractivity contribution is -0.0576. The molecule has 1 aliphatic rings. The van der Waals surface area contributed by atoms with Crippen molar-refractivity contribution in [2.24, 2.45) is 5.92 Å². The van der Waals surface area contributed by atoms with Crippen molar-refractivity contribution in [3.63, 3.8) is 0 Å². The van der Waals surface area contributed by atoms with Crippen molar-refractivity contribution in [2.75, 3.05) is 40.4 Å². The van der Waals surface area contributed by atoms with Gasteiger partial charge in [-0.1, -0.05) is 36.4 Å². The van der Waals surface area contributed by atoms with Gasteiger partial charge in [-0.05, 0) is 71.2 Å². The molecule has 1 aliphatic heterocycles. The second-order valence-electron chi connectivity index (χ2n) is 10.4. The summed E-state index contributed by atoms with van der Waals surface area (Å²) in [6, 6.07) is 17.3. The largest absolute Gasteiger partial charge is 0.457 e. The van der Waals surface area contributed by atoms with Crippen LogP contribution in [0.2, 0.25) is 0 Å². The summed E-state index contributed by atoms with van der Waals surface area (Å²) >= 11 is 0. The number of urea groups is 1. The van der Waals surface area contributed by atoms with Crippen LogP contribution in [-0.2, 0) is 10.3 Å². The summed E-state index contributed by atoms with van der Waals surface area (Å²) in [6.45, 7) is 6.50. The van der Waals surface area contributed by atoms with Gasteiger partial charge in [0.25, 0.3) is 0 Å². The summed E-state index contributed by atoms with van der Waals surface area (Å²) in [5.41, 5.74) is -0.738. The third-order valence-corrected chi connectivity index (χ3v) is 6.93. The highest BCUT2D eigenvalue weighted by Crippen LogP contribution is 2.44. The van der Waals surface area contributed by atoms with E-state index in [0.717, 1.165) is 37.0 Å². The van der Waals surface area contributed by atoms with Crippen molar-refractivity contribution in [2.45, 2.75) is 57.1 Å². The minimum atomic E-state index is -1.14. The van der Waals surface area contributed by atoms with Crippen LogP contribution in [0.3, 0.4) is 0 Å². The van der Waals surface area contributed by atoms with Crippen molar-refractivity contribution >= 4 is 6.03 Å².